The Labute approximate surface area is 264 Å². The summed E-state index contributed by atoms with van der Waals surface area (Å²) in [5.74, 6) is 1.92. The van der Waals surface area contributed by atoms with Crippen LogP contribution < -0.4 is 15.8 Å². The van der Waals surface area contributed by atoms with Crippen LogP contribution in [0.2, 0.25) is 0 Å². The van der Waals surface area contributed by atoms with Crippen molar-refractivity contribution in [2.24, 2.45) is 0 Å². The molecule has 0 aliphatic heterocycles. The fourth-order valence-electron chi connectivity index (χ4n) is 5.97. The van der Waals surface area contributed by atoms with Gasteiger partial charge in [-0.15, -0.1) is 0 Å². The number of amides is 1. The van der Waals surface area contributed by atoms with Crippen LogP contribution in [0, 0.1) is 0 Å². The van der Waals surface area contributed by atoms with Crippen LogP contribution in [0.4, 0.5) is 5.82 Å². The lowest BCUT2D eigenvalue weighted by atomic mass is 10.1. The number of pyridine rings is 2. The highest BCUT2D eigenvalue weighted by Gasteiger charge is 2.28. The Bertz CT molecular complexity index is 2260. The van der Waals surface area contributed by atoms with Gasteiger partial charge in [-0.05, 0) is 88.4 Å². The number of nitrogens with zero attached hydrogens (tertiary/aromatic N) is 7. The van der Waals surface area contributed by atoms with Crippen molar-refractivity contribution >= 4 is 49.9 Å². The number of ether oxygens (including phenoxy) is 1. The third kappa shape index (κ3) is 4.42. The van der Waals surface area contributed by atoms with Gasteiger partial charge >= 0.3 is 0 Å². The minimum absolute atomic E-state index is 0.182. The van der Waals surface area contributed by atoms with E-state index in [1.54, 1.807) is 30.3 Å². The lowest BCUT2D eigenvalue weighted by Crippen LogP contribution is -2.27. The van der Waals surface area contributed by atoms with Gasteiger partial charge in [0.05, 0.1) is 28.8 Å². The highest BCUT2D eigenvalue weighted by Crippen LogP contribution is 2.38. The third-order valence-electron chi connectivity index (χ3n) is 8.04. The number of methoxy groups -OCH3 is 1. The number of oxazole rings is 1. The summed E-state index contributed by atoms with van der Waals surface area (Å²) < 4.78 is 15.3. The summed E-state index contributed by atoms with van der Waals surface area (Å²) >= 11 is 3.49. The molecule has 222 valence electrons. The van der Waals surface area contributed by atoms with E-state index in [-0.39, 0.29) is 11.9 Å². The molecule has 13 heteroatoms. The van der Waals surface area contributed by atoms with Gasteiger partial charge in [-0.25, -0.2) is 24.6 Å². The molecular weight excluding hydrogens is 638 g/mol. The van der Waals surface area contributed by atoms with Crippen LogP contribution in [-0.4, -0.2) is 47.3 Å². The molecule has 45 heavy (non-hydrogen) atoms. The van der Waals surface area contributed by atoms with Gasteiger partial charge in [-0.2, -0.15) is 5.10 Å². The molecule has 5 heterocycles. The van der Waals surface area contributed by atoms with E-state index in [0.717, 1.165) is 29.7 Å². The molecule has 0 saturated carbocycles. The van der Waals surface area contributed by atoms with E-state index in [2.05, 4.69) is 48.4 Å². The summed E-state index contributed by atoms with van der Waals surface area (Å²) in [6.45, 7) is 0. The highest BCUT2D eigenvalue weighted by atomic mass is 79.9. The molecule has 1 amide bonds. The van der Waals surface area contributed by atoms with E-state index in [0.29, 0.717) is 61.1 Å². The van der Waals surface area contributed by atoms with Gasteiger partial charge in [0.25, 0.3) is 5.91 Å². The second-order valence-electron chi connectivity index (χ2n) is 10.6. The molecule has 5 aromatic heterocycles. The predicted octanol–water partition coefficient (Wildman–Crippen LogP) is 5.58. The number of aryl methyl sites for hydroxylation is 1. The lowest BCUT2D eigenvalue weighted by molar-refractivity contribution is 0.0937. The number of aromatic nitrogens is 7. The van der Waals surface area contributed by atoms with Crippen molar-refractivity contribution in [2.75, 3.05) is 12.8 Å². The van der Waals surface area contributed by atoms with Crippen molar-refractivity contribution in [2.45, 2.75) is 18.9 Å². The number of rotatable bonds is 6. The topological polar surface area (TPSA) is 152 Å². The van der Waals surface area contributed by atoms with Gasteiger partial charge in [0.2, 0.25) is 0 Å². The molecule has 3 N–H and O–H groups in total. The summed E-state index contributed by atoms with van der Waals surface area (Å²) in [5.41, 5.74) is 12.7. The number of halogens is 1. The predicted molar refractivity (Wildman–Crippen MR) is 170 cm³/mol. The third-order valence-corrected chi connectivity index (χ3v) is 8.63. The smallest absolute Gasteiger partial charge is 0.255 e. The molecule has 0 spiro atoms. The van der Waals surface area contributed by atoms with E-state index in [1.165, 1.54) is 6.39 Å². The van der Waals surface area contributed by atoms with E-state index >= 15 is 0 Å². The van der Waals surface area contributed by atoms with Crippen molar-refractivity contribution in [1.29, 1.82) is 0 Å². The van der Waals surface area contributed by atoms with Crippen molar-refractivity contribution in [3.05, 3.63) is 101 Å². The monoisotopic (exact) mass is 661 g/mol. The number of carbonyl (C=O) groups excluding carboxylic acids is 1. The zero-order valence-electron chi connectivity index (χ0n) is 23.8. The van der Waals surface area contributed by atoms with Crippen molar-refractivity contribution in [1.82, 2.24) is 39.6 Å². The summed E-state index contributed by atoms with van der Waals surface area (Å²) in [5, 5.41) is 7.54. The largest absolute Gasteiger partial charge is 0.493 e. The number of carbonyl (C=O) groups is 1. The first kappa shape index (κ1) is 27.0. The molecule has 1 aliphatic rings. The van der Waals surface area contributed by atoms with Gasteiger partial charge in [0, 0.05) is 24.3 Å². The molecule has 0 radical (unpaired) electrons. The first-order valence-corrected chi connectivity index (χ1v) is 14.9. The van der Waals surface area contributed by atoms with Crippen LogP contribution in [0.3, 0.4) is 0 Å². The first-order chi connectivity index (χ1) is 22.0. The maximum absolute atomic E-state index is 13.5. The van der Waals surface area contributed by atoms with Crippen molar-refractivity contribution in [3.8, 4) is 28.6 Å². The second-order valence-corrected chi connectivity index (χ2v) is 11.4. The summed E-state index contributed by atoms with van der Waals surface area (Å²) in [7, 11) is 1.55. The van der Waals surface area contributed by atoms with E-state index in [9.17, 15) is 4.79 Å². The van der Waals surface area contributed by atoms with Gasteiger partial charge in [0.15, 0.2) is 40.5 Å². The zero-order chi connectivity index (χ0) is 30.7. The molecule has 0 saturated heterocycles. The molecule has 7 aromatic rings. The minimum Gasteiger partial charge on any atom is -0.493 e. The molecule has 2 aromatic carbocycles. The Morgan fingerprint density at radius 1 is 1.11 bits per heavy atom. The number of nitrogens with two attached hydrogens (primary N) is 1. The SMILES string of the molecule is COc1c(Br)cc(C(=O)N[C@H]2CCc3cc(-n4c(-c5cccnc5N)nc5ccc(-n6cccn6)nc54)ccc32)c2ocnc12. The molecule has 0 unspecified atom stereocenters. The summed E-state index contributed by atoms with van der Waals surface area (Å²) in [4.78, 5) is 31.9. The molecule has 0 fully saturated rings. The first-order valence-electron chi connectivity index (χ1n) is 14.1. The maximum atomic E-state index is 13.5. The van der Waals surface area contributed by atoms with Crippen LogP contribution in [0.1, 0.15) is 33.9 Å². The van der Waals surface area contributed by atoms with Crippen LogP contribution in [0.15, 0.2) is 88.5 Å². The standard InChI is InChI=1S/C32H24BrN9O3/c1-44-28-22(33)15-21(27-26(28)36-16-45-27)32(43)39-23-8-5-17-14-18(6-7-19(17)23)42-30(20-4-2-11-35-29(20)34)38-24-9-10-25(40-31(24)42)41-13-3-12-37-41/h2-4,6-7,9-16,23H,5,8H2,1H3,(H2,34,35)(H,39,43)/t23-/m0/s1. The Hall–Kier alpha value is -5.56. The molecule has 1 atom stereocenters. The van der Waals surface area contributed by atoms with Gasteiger partial charge in [-0.3, -0.25) is 9.36 Å². The van der Waals surface area contributed by atoms with E-state index < -0.39 is 0 Å². The van der Waals surface area contributed by atoms with Crippen LogP contribution in [-0.2, 0) is 6.42 Å². The average molecular weight is 663 g/mol. The fourth-order valence-corrected chi connectivity index (χ4v) is 6.55. The lowest BCUT2D eigenvalue weighted by Gasteiger charge is -2.16. The summed E-state index contributed by atoms with van der Waals surface area (Å²) in [6.07, 6.45) is 8.04. The number of hydrogen-bond donors (Lipinski definition) is 2. The molecule has 0 bridgehead atoms. The maximum Gasteiger partial charge on any atom is 0.255 e. The van der Waals surface area contributed by atoms with Crippen LogP contribution >= 0.6 is 15.9 Å². The summed E-state index contributed by atoms with van der Waals surface area (Å²) in [6, 6.07) is 17.1. The Morgan fingerprint density at radius 2 is 2.02 bits per heavy atom. The number of nitrogens with one attached hydrogen (secondary N) is 1. The number of nitrogen functional groups attached to an aromatic ring is 1. The van der Waals surface area contributed by atoms with E-state index in [4.69, 9.17) is 24.9 Å². The number of anilines is 1. The highest BCUT2D eigenvalue weighted by molar-refractivity contribution is 9.10. The number of hydrogen-bond acceptors (Lipinski definition) is 9. The van der Waals surface area contributed by atoms with Gasteiger partial charge in [0.1, 0.15) is 11.3 Å². The van der Waals surface area contributed by atoms with E-state index in [1.807, 2.05) is 47.2 Å². The molecule has 12 nitrogen and oxygen atoms in total. The fraction of sp³-hybridized carbons (Fsp3) is 0.125. The Morgan fingerprint density at radius 3 is 2.84 bits per heavy atom. The van der Waals surface area contributed by atoms with Crippen molar-refractivity contribution in [3.63, 3.8) is 0 Å². The van der Waals surface area contributed by atoms with Crippen molar-refractivity contribution < 1.29 is 13.9 Å². The second kappa shape index (κ2) is 10.6. The van der Waals surface area contributed by atoms with Crippen LogP contribution in [0.25, 0.3) is 45.2 Å². The average Bonchev–Trinajstić information content (AvgIpc) is 3.87. The normalized spacial score (nSPS) is 14.2. The minimum atomic E-state index is -0.257. The quantitative estimate of drug-likeness (QED) is 0.233. The molecule has 8 rings (SSSR count). The Balaban J connectivity index is 1.18. The number of fused-ring (bicyclic) bond motifs is 3. The molecular formula is C32H24BrN9O3. The number of imidazole rings is 1. The van der Waals surface area contributed by atoms with Gasteiger partial charge in [-0.1, -0.05) is 6.07 Å². The zero-order valence-corrected chi connectivity index (χ0v) is 25.4. The Kier molecular flexibility index (Phi) is 6.34. The number of benzene rings is 2. The van der Waals surface area contributed by atoms with Crippen LogP contribution in [0.5, 0.6) is 5.75 Å². The van der Waals surface area contributed by atoms with Gasteiger partial charge < -0.3 is 20.2 Å². The molecule has 1 aliphatic carbocycles.